The molecule has 0 spiro atoms. The highest BCUT2D eigenvalue weighted by atomic mass is 32.2. The minimum atomic E-state index is -0.323. The van der Waals surface area contributed by atoms with Crippen LogP contribution in [0.2, 0.25) is 0 Å². The maximum atomic E-state index is 12.7. The predicted octanol–water partition coefficient (Wildman–Crippen LogP) is 1.49. The summed E-state index contributed by atoms with van der Waals surface area (Å²) in [5.74, 6) is 0.819. The fraction of sp³-hybridized carbons (Fsp3) is 0.533. The van der Waals surface area contributed by atoms with Gasteiger partial charge in [0.25, 0.3) is 0 Å². The number of nitrogens with zero attached hydrogens (tertiary/aromatic N) is 3. The van der Waals surface area contributed by atoms with Crippen LogP contribution in [0.4, 0.5) is 0 Å². The molecule has 0 aliphatic carbocycles. The highest BCUT2D eigenvalue weighted by molar-refractivity contribution is 8.01. The standard InChI is InChI=1S/C15H19N3O2S/c1-15-6-5-13(19)18(15)12(10-21-15)14(20)17(2)9-11-4-3-7-16-8-11/h3-4,7-8,12H,5-6,9-10H2,1-2H3. The van der Waals surface area contributed by atoms with Crippen molar-refractivity contribution < 1.29 is 9.59 Å². The number of aromatic nitrogens is 1. The van der Waals surface area contributed by atoms with Crippen molar-refractivity contribution in [2.75, 3.05) is 12.8 Å². The second-order valence-corrected chi connectivity index (χ2v) is 7.32. The van der Waals surface area contributed by atoms with Crippen LogP contribution in [0.1, 0.15) is 25.3 Å². The molecule has 2 fully saturated rings. The van der Waals surface area contributed by atoms with Gasteiger partial charge in [0, 0.05) is 38.2 Å². The number of fused-ring (bicyclic) bond motifs is 1. The summed E-state index contributed by atoms with van der Waals surface area (Å²) in [6, 6.07) is 3.49. The molecule has 0 N–H and O–H groups in total. The Balaban J connectivity index is 1.72. The summed E-state index contributed by atoms with van der Waals surface area (Å²) in [4.78, 5) is 32.1. The van der Waals surface area contributed by atoms with Crippen LogP contribution < -0.4 is 0 Å². The van der Waals surface area contributed by atoms with Gasteiger partial charge in [-0.3, -0.25) is 14.6 Å². The van der Waals surface area contributed by atoms with Gasteiger partial charge in [0.2, 0.25) is 11.8 Å². The van der Waals surface area contributed by atoms with Crippen molar-refractivity contribution in [3.05, 3.63) is 30.1 Å². The fourth-order valence-corrected chi connectivity index (χ4v) is 4.52. The average molecular weight is 305 g/mol. The van der Waals surface area contributed by atoms with Crippen molar-refractivity contribution in [3.63, 3.8) is 0 Å². The van der Waals surface area contributed by atoms with Crippen LogP contribution in [0.15, 0.2) is 24.5 Å². The van der Waals surface area contributed by atoms with Gasteiger partial charge in [0.1, 0.15) is 6.04 Å². The Bertz CT molecular complexity index is 565. The topological polar surface area (TPSA) is 53.5 Å². The molecule has 0 radical (unpaired) electrons. The monoisotopic (exact) mass is 305 g/mol. The number of thioether (sulfide) groups is 1. The average Bonchev–Trinajstić information content (AvgIpc) is 2.96. The SMILES string of the molecule is CN(Cc1cccnc1)C(=O)C1CSC2(C)CCC(=O)N12. The molecule has 2 aliphatic heterocycles. The Morgan fingerprint density at radius 2 is 2.43 bits per heavy atom. The molecule has 112 valence electrons. The van der Waals surface area contributed by atoms with E-state index in [1.807, 2.05) is 12.1 Å². The number of rotatable bonds is 3. The number of hydrogen-bond donors (Lipinski definition) is 0. The van der Waals surface area contributed by atoms with Crippen LogP contribution in [-0.2, 0) is 16.1 Å². The van der Waals surface area contributed by atoms with Gasteiger partial charge >= 0.3 is 0 Å². The third kappa shape index (κ3) is 2.52. The summed E-state index contributed by atoms with van der Waals surface area (Å²) in [5, 5.41) is 0. The molecular weight excluding hydrogens is 286 g/mol. The van der Waals surface area contributed by atoms with Crippen LogP contribution in [0.3, 0.4) is 0 Å². The van der Waals surface area contributed by atoms with E-state index in [2.05, 4.69) is 11.9 Å². The van der Waals surface area contributed by atoms with E-state index in [1.165, 1.54) is 0 Å². The lowest BCUT2D eigenvalue weighted by Crippen LogP contribution is -2.50. The van der Waals surface area contributed by atoms with E-state index in [0.717, 1.165) is 12.0 Å². The zero-order valence-electron chi connectivity index (χ0n) is 12.3. The number of carbonyl (C=O) groups excluding carboxylic acids is 2. The summed E-state index contributed by atoms with van der Waals surface area (Å²) in [5.41, 5.74) is 0.995. The van der Waals surface area contributed by atoms with Gasteiger partial charge in [0.05, 0.1) is 4.87 Å². The van der Waals surface area contributed by atoms with Crippen LogP contribution in [0, 0.1) is 0 Å². The Hall–Kier alpha value is -1.56. The summed E-state index contributed by atoms with van der Waals surface area (Å²) in [7, 11) is 1.79. The van der Waals surface area contributed by atoms with Crippen molar-refractivity contribution >= 4 is 23.6 Å². The van der Waals surface area contributed by atoms with E-state index in [-0.39, 0.29) is 22.7 Å². The number of carbonyl (C=O) groups is 2. The Morgan fingerprint density at radius 1 is 1.62 bits per heavy atom. The highest BCUT2D eigenvalue weighted by Crippen LogP contribution is 2.47. The minimum absolute atomic E-state index is 0.0188. The summed E-state index contributed by atoms with van der Waals surface area (Å²) >= 11 is 1.72. The zero-order chi connectivity index (χ0) is 15.0. The van der Waals surface area contributed by atoms with Gasteiger partial charge in [-0.1, -0.05) is 6.07 Å². The molecule has 1 aromatic rings. The maximum absolute atomic E-state index is 12.7. The van der Waals surface area contributed by atoms with Crippen LogP contribution in [-0.4, -0.2) is 50.3 Å². The van der Waals surface area contributed by atoms with Gasteiger partial charge in [0.15, 0.2) is 0 Å². The van der Waals surface area contributed by atoms with E-state index in [9.17, 15) is 9.59 Å². The summed E-state index contributed by atoms with van der Waals surface area (Å²) < 4.78 is 0. The van der Waals surface area contributed by atoms with Crippen LogP contribution in [0.25, 0.3) is 0 Å². The molecule has 3 rings (SSSR count). The lowest BCUT2D eigenvalue weighted by molar-refractivity contribution is -0.143. The molecular formula is C15H19N3O2S. The maximum Gasteiger partial charge on any atom is 0.246 e. The third-order valence-electron chi connectivity index (χ3n) is 4.25. The second-order valence-electron chi connectivity index (χ2n) is 5.82. The molecule has 0 saturated carbocycles. The molecule has 2 unspecified atom stereocenters. The molecule has 6 heteroatoms. The van der Waals surface area contributed by atoms with E-state index < -0.39 is 0 Å². The lowest BCUT2D eigenvalue weighted by atomic mass is 10.2. The Labute approximate surface area is 128 Å². The molecule has 0 bridgehead atoms. The first-order chi connectivity index (χ1) is 10.0. The van der Waals surface area contributed by atoms with Gasteiger partial charge in [-0.15, -0.1) is 11.8 Å². The summed E-state index contributed by atoms with van der Waals surface area (Å²) in [6.07, 6.45) is 4.87. The van der Waals surface area contributed by atoms with Gasteiger partial charge in [-0.25, -0.2) is 0 Å². The summed E-state index contributed by atoms with van der Waals surface area (Å²) in [6.45, 7) is 2.59. The fourth-order valence-electron chi connectivity index (χ4n) is 3.10. The molecule has 1 aromatic heterocycles. The first-order valence-corrected chi connectivity index (χ1v) is 8.10. The highest BCUT2D eigenvalue weighted by Gasteiger charge is 2.53. The Kier molecular flexibility index (Phi) is 3.65. The second kappa shape index (κ2) is 5.33. The van der Waals surface area contributed by atoms with Crippen LogP contribution in [0.5, 0.6) is 0 Å². The normalized spacial score (nSPS) is 27.8. The van der Waals surface area contributed by atoms with Crippen molar-refractivity contribution in [1.82, 2.24) is 14.8 Å². The number of likely N-dealkylation sites (N-methyl/N-ethyl adjacent to an activating group) is 1. The van der Waals surface area contributed by atoms with E-state index in [0.29, 0.717) is 18.7 Å². The molecule has 0 aromatic carbocycles. The van der Waals surface area contributed by atoms with E-state index >= 15 is 0 Å². The molecule has 2 amide bonds. The smallest absolute Gasteiger partial charge is 0.246 e. The zero-order valence-corrected chi connectivity index (χ0v) is 13.1. The quantitative estimate of drug-likeness (QED) is 0.849. The molecule has 21 heavy (non-hydrogen) atoms. The first-order valence-electron chi connectivity index (χ1n) is 7.11. The van der Waals surface area contributed by atoms with Gasteiger partial charge in [-0.05, 0) is 25.0 Å². The molecule has 2 aliphatic rings. The minimum Gasteiger partial charge on any atom is -0.340 e. The molecule has 3 heterocycles. The van der Waals surface area contributed by atoms with Crippen molar-refractivity contribution in [2.45, 2.75) is 37.2 Å². The van der Waals surface area contributed by atoms with Crippen molar-refractivity contribution in [1.29, 1.82) is 0 Å². The van der Waals surface area contributed by atoms with E-state index in [1.54, 1.807) is 41.0 Å². The predicted molar refractivity (Wildman–Crippen MR) is 81.4 cm³/mol. The molecule has 2 atom stereocenters. The largest absolute Gasteiger partial charge is 0.340 e. The Morgan fingerprint density at radius 3 is 3.14 bits per heavy atom. The van der Waals surface area contributed by atoms with Crippen molar-refractivity contribution in [3.8, 4) is 0 Å². The number of hydrogen-bond acceptors (Lipinski definition) is 4. The van der Waals surface area contributed by atoms with Crippen molar-refractivity contribution in [2.24, 2.45) is 0 Å². The first kappa shape index (κ1) is 14.4. The van der Waals surface area contributed by atoms with Gasteiger partial charge < -0.3 is 9.80 Å². The van der Waals surface area contributed by atoms with E-state index in [4.69, 9.17) is 0 Å². The molecule has 5 nitrogen and oxygen atoms in total. The van der Waals surface area contributed by atoms with Gasteiger partial charge in [-0.2, -0.15) is 0 Å². The number of pyridine rings is 1. The van der Waals surface area contributed by atoms with Crippen LogP contribution >= 0.6 is 11.8 Å². The lowest BCUT2D eigenvalue weighted by Gasteiger charge is -2.31. The number of amides is 2. The third-order valence-corrected chi connectivity index (χ3v) is 5.75. The molecule has 2 saturated heterocycles.